The maximum absolute atomic E-state index is 12.6. The lowest BCUT2D eigenvalue weighted by Gasteiger charge is -2.18. The molecule has 2 aromatic rings. The second-order valence-corrected chi connectivity index (χ2v) is 7.91. The van der Waals surface area contributed by atoms with Crippen LogP contribution in [-0.2, 0) is 10.0 Å². The van der Waals surface area contributed by atoms with Gasteiger partial charge in [-0.05, 0) is 36.4 Å². The number of benzene rings is 2. The highest BCUT2D eigenvalue weighted by Crippen LogP contribution is 2.17. The van der Waals surface area contributed by atoms with Crippen molar-refractivity contribution in [1.82, 2.24) is 15.2 Å². The van der Waals surface area contributed by atoms with Gasteiger partial charge in [-0.3, -0.25) is 20.4 Å². The molecule has 0 heterocycles. The van der Waals surface area contributed by atoms with Crippen LogP contribution in [0.5, 0.6) is 0 Å². The van der Waals surface area contributed by atoms with Gasteiger partial charge in [0.1, 0.15) is 0 Å². The normalized spacial score (nSPS) is 11.3. The van der Waals surface area contributed by atoms with Crippen molar-refractivity contribution in [2.75, 3.05) is 13.1 Å². The van der Waals surface area contributed by atoms with Crippen molar-refractivity contribution in [2.24, 2.45) is 0 Å². The number of hydrogen-bond acceptors (Lipinski definition) is 4. The topological polar surface area (TPSA) is 95.6 Å². The number of nitrogens with zero attached hydrogens (tertiary/aromatic N) is 1. The first kappa shape index (κ1) is 20.9. The van der Waals surface area contributed by atoms with Crippen LogP contribution in [-0.4, -0.2) is 37.6 Å². The summed E-state index contributed by atoms with van der Waals surface area (Å²) in [7, 11) is -3.68. The second kappa shape index (κ2) is 8.98. The van der Waals surface area contributed by atoms with Crippen LogP contribution in [0.2, 0.25) is 5.02 Å². The number of carbonyl (C=O) groups excluding carboxylic acids is 2. The number of rotatable bonds is 6. The molecule has 2 N–H and O–H groups in total. The Hall–Kier alpha value is -2.42. The highest BCUT2D eigenvalue weighted by molar-refractivity contribution is 7.89. The SMILES string of the molecule is CCN(CC)S(=O)(=O)c1cccc(C(=O)NNC(=O)c2cccc(Cl)c2)c1. The summed E-state index contributed by atoms with van der Waals surface area (Å²) in [5, 5.41) is 0.392. The van der Waals surface area contributed by atoms with Crippen molar-refractivity contribution in [3.8, 4) is 0 Å². The van der Waals surface area contributed by atoms with Gasteiger partial charge in [-0.25, -0.2) is 8.42 Å². The van der Waals surface area contributed by atoms with Gasteiger partial charge < -0.3 is 0 Å². The van der Waals surface area contributed by atoms with Crippen LogP contribution in [0.1, 0.15) is 34.6 Å². The van der Waals surface area contributed by atoms with Gasteiger partial charge in [-0.1, -0.05) is 37.6 Å². The minimum Gasteiger partial charge on any atom is -0.267 e. The Morgan fingerprint density at radius 1 is 0.926 bits per heavy atom. The molecule has 7 nitrogen and oxygen atoms in total. The van der Waals surface area contributed by atoms with Crippen molar-refractivity contribution in [1.29, 1.82) is 0 Å². The van der Waals surface area contributed by atoms with Gasteiger partial charge in [-0.2, -0.15) is 4.31 Å². The molecule has 2 aromatic carbocycles. The van der Waals surface area contributed by atoms with E-state index in [9.17, 15) is 18.0 Å². The zero-order valence-electron chi connectivity index (χ0n) is 14.9. The van der Waals surface area contributed by atoms with Gasteiger partial charge in [0.2, 0.25) is 10.0 Å². The first-order valence-corrected chi connectivity index (χ1v) is 10.1. The highest BCUT2D eigenvalue weighted by Gasteiger charge is 2.22. The quantitative estimate of drug-likeness (QED) is 0.716. The lowest BCUT2D eigenvalue weighted by molar-refractivity contribution is 0.0846. The summed E-state index contributed by atoms with van der Waals surface area (Å²) < 4.78 is 26.4. The van der Waals surface area contributed by atoms with E-state index in [2.05, 4.69) is 10.9 Å². The molecule has 27 heavy (non-hydrogen) atoms. The number of hydrogen-bond donors (Lipinski definition) is 2. The molecule has 0 spiro atoms. The van der Waals surface area contributed by atoms with Gasteiger partial charge in [0.25, 0.3) is 11.8 Å². The molecule has 0 radical (unpaired) electrons. The van der Waals surface area contributed by atoms with E-state index in [1.807, 2.05) is 0 Å². The Kier molecular flexibility index (Phi) is 6.95. The Bertz CT molecular complexity index is 943. The number of sulfonamides is 1. The van der Waals surface area contributed by atoms with Crippen LogP contribution < -0.4 is 10.9 Å². The van der Waals surface area contributed by atoms with Gasteiger partial charge in [0.05, 0.1) is 4.90 Å². The minimum atomic E-state index is -3.68. The predicted octanol–water partition coefficient (Wildman–Crippen LogP) is 2.45. The fourth-order valence-corrected chi connectivity index (χ4v) is 4.09. The van der Waals surface area contributed by atoms with Crippen molar-refractivity contribution < 1.29 is 18.0 Å². The van der Waals surface area contributed by atoms with Gasteiger partial charge >= 0.3 is 0 Å². The molecule has 0 aromatic heterocycles. The fourth-order valence-electron chi connectivity index (χ4n) is 2.40. The molecule has 0 saturated carbocycles. The van der Waals surface area contributed by atoms with E-state index in [1.165, 1.54) is 34.6 Å². The van der Waals surface area contributed by atoms with Crippen LogP contribution in [0.25, 0.3) is 0 Å². The zero-order chi connectivity index (χ0) is 20.0. The average Bonchev–Trinajstić information content (AvgIpc) is 2.66. The molecule has 0 bridgehead atoms. The molecule has 2 amide bonds. The second-order valence-electron chi connectivity index (χ2n) is 5.54. The molecule has 9 heteroatoms. The molecule has 0 unspecified atom stereocenters. The standard InChI is InChI=1S/C18H20ClN3O4S/c1-3-22(4-2)27(25,26)16-10-6-8-14(12-16)18(24)21-20-17(23)13-7-5-9-15(19)11-13/h5-12H,3-4H2,1-2H3,(H,20,23)(H,21,24). The molecule has 0 fully saturated rings. The maximum atomic E-state index is 12.6. The molecule has 2 rings (SSSR count). The van der Waals surface area contributed by atoms with E-state index >= 15 is 0 Å². The molecular formula is C18H20ClN3O4S. The smallest absolute Gasteiger partial charge is 0.267 e. The van der Waals surface area contributed by atoms with E-state index in [4.69, 9.17) is 11.6 Å². The van der Waals surface area contributed by atoms with E-state index in [0.29, 0.717) is 18.1 Å². The number of carbonyl (C=O) groups is 2. The van der Waals surface area contributed by atoms with Gasteiger partial charge in [-0.15, -0.1) is 0 Å². The van der Waals surface area contributed by atoms with Crippen LogP contribution in [0.3, 0.4) is 0 Å². The number of halogens is 1. The molecule has 0 aliphatic heterocycles. The fraction of sp³-hybridized carbons (Fsp3) is 0.222. The minimum absolute atomic E-state index is 0.0139. The average molecular weight is 410 g/mol. The summed E-state index contributed by atoms with van der Waals surface area (Å²) in [5.41, 5.74) is 4.92. The molecule has 0 atom stereocenters. The number of hydrazine groups is 1. The maximum Gasteiger partial charge on any atom is 0.269 e. The van der Waals surface area contributed by atoms with Crippen molar-refractivity contribution >= 4 is 33.4 Å². The third-order valence-electron chi connectivity index (χ3n) is 3.82. The monoisotopic (exact) mass is 409 g/mol. The summed E-state index contributed by atoms with van der Waals surface area (Å²) in [6.07, 6.45) is 0. The van der Waals surface area contributed by atoms with Crippen LogP contribution in [0.4, 0.5) is 0 Å². The van der Waals surface area contributed by atoms with E-state index in [0.717, 1.165) is 0 Å². The van der Waals surface area contributed by atoms with Crippen LogP contribution >= 0.6 is 11.6 Å². The van der Waals surface area contributed by atoms with E-state index in [1.54, 1.807) is 32.0 Å². The van der Waals surface area contributed by atoms with E-state index < -0.39 is 21.8 Å². The van der Waals surface area contributed by atoms with Crippen molar-refractivity contribution in [3.05, 3.63) is 64.7 Å². The first-order chi connectivity index (χ1) is 12.8. The Balaban J connectivity index is 2.12. The first-order valence-electron chi connectivity index (χ1n) is 8.26. The van der Waals surface area contributed by atoms with Crippen LogP contribution in [0, 0.1) is 0 Å². The molecule has 144 valence electrons. The summed E-state index contributed by atoms with van der Waals surface area (Å²) >= 11 is 5.83. The van der Waals surface area contributed by atoms with Crippen molar-refractivity contribution in [3.63, 3.8) is 0 Å². The predicted molar refractivity (Wildman–Crippen MR) is 103 cm³/mol. The summed E-state index contributed by atoms with van der Waals surface area (Å²) in [4.78, 5) is 24.3. The Labute approximate surface area is 163 Å². The molecule has 0 aliphatic rings. The third kappa shape index (κ3) is 5.06. The summed E-state index contributed by atoms with van der Waals surface area (Å²) in [6, 6.07) is 11.9. The van der Waals surface area contributed by atoms with E-state index in [-0.39, 0.29) is 16.0 Å². The highest BCUT2D eigenvalue weighted by atomic mass is 35.5. The summed E-state index contributed by atoms with van der Waals surface area (Å²) in [6.45, 7) is 4.13. The Morgan fingerprint density at radius 3 is 1.96 bits per heavy atom. The number of nitrogens with one attached hydrogen (secondary N) is 2. The Morgan fingerprint density at radius 2 is 1.44 bits per heavy atom. The molecule has 0 aliphatic carbocycles. The zero-order valence-corrected chi connectivity index (χ0v) is 16.5. The third-order valence-corrected chi connectivity index (χ3v) is 6.10. The molecule has 0 saturated heterocycles. The summed E-state index contributed by atoms with van der Waals surface area (Å²) in [5.74, 6) is -1.18. The number of amides is 2. The van der Waals surface area contributed by atoms with Crippen molar-refractivity contribution in [2.45, 2.75) is 18.7 Å². The molecular weight excluding hydrogens is 390 g/mol. The van der Waals surface area contributed by atoms with Gasteiger partial charge in [0.15, 0.2) is 0 Å². The lowest BCUT2D eigenvalue weighted by atomic mass is 10.2. The van der Waals surface area contributed by atoms with Gasteiger partial charge in [0, 0.05) is 29.2 Å². The van der Waals surface area contributed by atoms with Crippen LogP contribution in [0.15, 0.2) is 53.4 Å². The lowest BCUT2D eigenvalue weighted by Crippen LogP contribution is -2.41. The largest absolute Gasteiger partial charge is 0.269 e.